The second kappa shape index (κ2) is 5.49. The molecule has 0 bridgehead atoms. The number of carbonyl (C=O) groups excluding carboxylic acids is 1. The van der Waals surface area contributed by atoms with Crippen molar-refractivity contribution in [1.82, 2.24) is 0 Å². The van der Waals surface area contributed by atoms with Crippen LogP contribution in [0, 0.1) is 5.41 Å². The third-order valence-electron chi connectivity index (χ3n) is 2.77. The predicted molar refractivity (Wildman–Crippen MR) is 79.9 cm³/mol. The summed E-state index contributed by atoms with van der Waals surface area (Å²) in [5.74, 6) is 0.112. The average Bonchev–Trinajstić information content (AvgIpc) is 2.42. The number of carbonyl (C=O) groups is 1. The largest absolute Gasteiger partial charge is 0.488 e. The summed E-state index contributed by atoms with van der Waals surface area (Å²) < 4.78 is 10.4. The van der Waals surface area contributed by atoms with Crippen molar-refractivity contribution in [3.63, 3.8) is 0 Å². The smallest absolute Gasteiger partial charge is 0.343 e. The standard InChI is InChI=1S/C16H19NO3/c1-16(2,3)10-17-12-8-7-11-6-5-9-20-14(11)13(12)15(18)19-4/h5-8,10H,9H2,1-4H3. The van der Waals surface area contributed by atoms with Crippen LogP contribution in [0.5, 0.6) is 5.75 Å². The Morgan fingerprint density at radius 1 is 1.40 bits per heavy atom. The number of ether oxygens (including phenoxy) is 2. The van der Waals surface area contributed by atoms with E-state index in [4.69, 9.17) is 9.47 Å². The summed E-state index contributed by atoms with van der Waals surface area (Å²) in [6.45, 7) is 6.59. The number of benzene rings is 1. The Morgan fingerprint density at radius 2 is 2.15 bits per heavy atom. The molecule has 1 aromatic carbocycles. The Kier molecular flexibility index (Phi) is 3.93. The van der Waals surface area contributed by atoms with Crippen LogP contribution in [0.2, 0.25) is 0 Å². The monoisotopic (exact) mass is 273 g/mol. The first kappa shape index (κ1) is 14.3. The fourth-order valence-electron chi connectivity index (χ4n) is 1.85. The molecule has 1 aliphatic rings. The minimum absolute atomic E-state index is 0.0654. The highest BCUT2D eigenvalue weighted by Crippen LogP contribution is 2.36. The summed E-state index contributed by atoms with van der Waals surface area (Å²) in [6.07, 6.45) is 5.66. The Morgan fingerprint density at radius 3 is 2.80 bits per heavy atom. The van der Waals surface area contributed by atoms with Gasteiger partial charge in [-0.3, -0.25) is 4.99 Å². The maximum atomic E-state index is 12.0. The van der Waals surface area contributed by atoms with Gasteiger partial charge in [0.2, 0.25) is 0 Å². The minimum Gasteiger partial charge on any atom is -0.488 e. The van der Waals surface area contributed by atoms with Gasteiger partial charge in [0.1, 0.15) is 17.9 Å². The summed E-state index contributed by atoms with van der Waals surface area (Å²) in [5, 5.41) is 0. The lowest BCUT2D eigenvalue weighted by molar-refractivity contribution is 0.0597. The van der Waals surface area contributed by atoms with E-state index in [0.717, 1.165) is 5.56 Å². The summed E-state index contributed by atoms with van der Waals surface area (Å²) in [7, 11) is 1.36. The molecule has 0 aromatic heterocycles. The van der Waals surface area contributed by atoms with Gasteiger partial charge in [0.05, 0.1) is 12.8 Å². The van der Waals surface area contributed by atoms with Crippen molar-refractivity contribution in [3.05, 3.63) is 29.3 Å². The summed E-state index contributed by atoms with van der Waals surface area (Å²) in [6, 6.07) is 3.71. The summed E-state index contributed by atoms with van der Waals surface area (Å²) in [4.78, 5) is 16.5. The fourth-order valence-corrected chi connectivity index (χ4v) is 1.85. The van der Waals surface area contributed by atoms with Crippen LogP contribution in [-0.4, -0.2) is 25.9 Å². The molecular weight excluding hydrogens is 254 g/mol. The topological polar surface area (TPSA) is 47.9 Å². The molecule has 0 saturated carbocycles. The van der Waals surface area contributed by atoms with Crippen molar-refractivity contribution in [1.29, 1.82) is 0 Å². The molecule has 1 aromatic rings. The van der Waals surface area contributed by atoms with E-state index in [9.17, 15) is 4.79 Å². The number of hydrogen-bond donors (Lipinski definition) is 0. The van der Waals surface area contributed by atoms with E-state index >= 15 is 0 Å². The second-order valence-electron chi connectivity index (χ2n) is 5.71. The van der Waals surface area contributed by atoms with Crippen molar-refractivity contribution in [3.8, 4) is 5.75 Å². The molecule has 4 heteroatoms. The molecule has 0 aliphatic carbocycles. The number of methoxy groups -OCH3 is 1. The molecule has 2 rings (SSSR count). The van der Waals surface area contributed by atoms with E-state index in [2.05, 4.69) is 4.99 Å². The molecule has 1 heterocycles. The van der Waals surface area contributed by atoms with Crippen molar-refractivity contribution < 1.29 is 14.3 Å². The number of esters is 1. The Bertz CT molecular complexity index is 580. The molecule has 106 valence electrons. The number of aliphatic imine (C=N–C) groups is 1. The minimum atomic E-state index is -0.432. The van der Waals surface area contributed by atoms with E-state index in [-0.39, 0.29) is 5.41 Å². The van der Waals surface area contributed by atoms with Crippen molar-refractivity contribution >= 4 is 23.9 Å². The van der Waals surface area contributed by atoms with Crippen LogP contribution in [0.15, 0.2) is 23.2 Å². The van der Waals surface area contributed by atoms with Crippen LogP contribution >= 0.6 is 0 Å². The lowest BCUT2D eigenvalue weighted by Gasteiger charge is -2.17. The van der Waals surface area contributed by atoms with Gasteiger partial charge >= 0.3 is 5.97 Å². The maximum absolute atomic E-state index is 12.0. The number of hydrogen-bond acceptors (Lipinski definition) is 4. The Labute approximate surface area is 119 Å². The SMILES string of the molecule is COC(=O)c1c(N=CC(C)(C)C)ccc2c1OCC=C2. The van der Waals surface area contributed by atoms with Crippen LogP contribution in [0.1, 0.15) is 36.7 Å². The van der Waals surface area contributed by atoms with Gasteiger partial charge < -0.3 is 9.47 Å². The zero-order valence-electron chi connectivity index (χ0n) is 12.3. The molecule has 20 heavy (non-hydrogen) atoms. The van der Waals surface area contributed by atoms with Crippen LogP contribution < -0.4 is 4.74 Å². The molecule has 0 unspecified atom stereocenters. The number of rotatable bonds is 2. The summed E-state index contributed by atoms with van der Waals surface area (Å²) in [5.41, 5.74) is 1.76. The third-order valence-corrected chi connectivity index (χ3v) is 2.77. The number of nitrogens with zero attached hydrogens (tertiary/aromatic N) is 1. The number of fused-ring (bicyclic) bond motifs is 1. The Balaban J connectivity index is 2.55. The molecule has 0 fully saturated rings. The molecule has 0 amide bonds. The van der Waals surface area contributed by atoms with Gasteiger partial charge in [0.25, 0.3) is 0 Å². The Hall–Kier alpha value is -2.10. The molecule has 0 atom stereocenters. The second-order valence-corrected chi connectivity index (χ2v) is 5.71. The van der Waals surface area contributed by atoms with E-state index in [1.165, 1.54) is 7.11 Å². The predicted octanol–water partition coefficient (Wildman–Crippen LogP) is 3.63. The first-order valence-electron chi connectivity index (χ1n) is 6.52. The zero-order valence-corrected chi connectivity index (χ0v) is 12.3. The zero-order chi connectivity index (χ0) is 14.8. The fraction of sp³-hybridized carbons (Fsp3) is 0.375. The van der Waals surface area contributed by atoms with E-state index in [0.29, 0.717) is 23.6 Å². The molecule has 0 N–H and O–H groups in total. The quantitative estimate of drug-likeness (QED) is 0.610. The van der Waals surface area contributed by atoms with Crippen molar-refractivity contribution in [2.45, 2.75) is 20.8 Å². The average molecular weight is 273 g/mol. The van der Waals surface area contributed by atoms with Gasteiger partial charge in [0, 0.05) is 11.8 Å². The first-order chi connectivity index (χ1) is 9.42. The van der Waals surface area contributed by atoms with Gasteiger partial charge in [-0.15, -0.1) is 0 Å². The van der Waals surface area contributed by atoms with Crippen LogP contribution in [0.3, 0.4) is 0 Å². The third kappa shape index (κ3) is 3.07. The van der Waals surface area contributed by atoms with Gasteiger partial charge in [-0.1, -0.05) is 26.8 Å². The van der Waals surface area contributed by atoms with E-state index in [1.54, 1.807) is 0 Å². The van der Waals surface area contributed by atoms with E-state index in [1.807, 2.05) is 51.3 Å². The van der Waals surface area contributed by atoms with Gasteiger partial charge in [-0.05, 0) is 23.6 Å². The first-order valence-corrected chi connectivity index (χ1v) is 6.52. The molecule has 1 aliphatic heterocycles. The molecule has 0 saturated heterocycles. The lowest BCUT2D eigenvalue weighted by atomic mass is 9.99. The molecule has 0 spiro atoms. The molecular formula is C16H19NO3. The molecule has 4 nitrogen and oxygen atoms in total. The van der Waals surface area contributed by atoms with Crippen molar-refractivity contribution in [2.24, 2.45) is 10.4 Å². The van der Waals surface area contributed by atoms with Crippen molar-refractivity contribution in [2.75, 3.05) is 13.7 Å². The maximum Gasteiger partial charge on any atom is 0.343 e. The highest BCUT2D eigenvalue weighted by Gasteiger charge is 2.22. The van der Waals surface area contributed by atoms with Gasteiger partial charge in [-0.25, -0.2) is 4.79 Å². The van der Waals surface area contributed by atoms with Crippen LogP contribution in [-0.2, 0) is 4.74 Å². The normalized spacial score (nSPS) is 14.0. The lowest BCUT2D eigenvalue weighted by Crippen LogP contribution is -2.10. The van der Waals surface area contributed by atoms with Gasteiger partial charge in [-0.2, -0.15) is 0 Å². The highest BCUT2D eigenvalue weighted by atomic mass is 16.5. The van der Waals surface area contributed by atoms with Gasteiger partial charge in [0.15, 0.2) is 0 Å². The van der Waals surface area contributed by atoms with Crippen LogP contribution in [0.4, 0.5) is 5.69 Å². The highest BCUT2D eigenvalue weighted by molar-refractivity contribution is 6.00. The molecule has 0 radical (unpaired) electrons. The van der Waals surface area contributed by atoms with E-state index < -0.39 is 5.97 Å². The summed E-state index contributed by atoms with van der Waals surface area (Å²) >= 11 is 0. The van der Waals surface area contributed by atoms with Crippen LogP contribution in [0.25, 0.3) is 6.08 Å².